The lowest BCUT2D eigenvalue weighted by Gasteiger charge is -2.33. The van der Waals surface area contributed by atoms with Crippen molar-refractivity contribution in [1.29, 1.82) is 0 Å². The fourth-order valence-corrected chi connectivity index (χ4v) is 3.80. The topological polar surface area (TPSA) is 42.4 Å². The normalized spacial score (nSPS) is 18.5. The van der Waals surface area contributed by atoms with Crippen LogP contribution in [0.15, 0.2) is 52.9 Å². The molecule has 0 saturated heterocycles. The van der Waals surface area contributed by atoms with Crippen molar-refractivity contribution < 1.29 is 4.42 Å². The predicted molar refractivity (Wildman–Crippen MR) is 103 cm³/mol. The Bertz CT molecular complexity index is 876. The van der Waals surface area contributed by atoms with E-state index in [0.29, 0.717) is 6.54 Å². The number of rotatable bonds is 3. The highest BCUT2D eigenvalue weighted by atomic mass is 16.3. The van der Waals surface area contributed by atoms with Gasteiger partial charge in [0.15, 0.2) is 0 Å². The molecule has 0 bridgehead atoms. The van der Waals surface area contributed by atoms with Gasteiger partial charge < -0.3 is 15.1 Å². The highest BCUT2D eigenvalue weighted by Crippen LogP contribution is 2.37. The Kier molecular flexibility index (Phi) is 3.94. The lowest BCUT2D eigenvalue weighted by Crippen LogP contribution is -2.32. The smallest absolute Gasteiger partial charge is 0.134 e. The third kappa shape index (κ3) is 2.88. The largest absolute Gasteiger partial charge is 0.460 e. The summed E-state index contributed by atoms with van der Waals surface area (Å²) in [5.74, 6) is 1.33. The van der Waals surface area contributed by atoms with E-state index in [2.05, 4.69) is 62.2 Å². The zero-order valence-corrected chi connectivity index (χ0v) is 15.3. The molecule has 1 atom stereocenters. The van der Waals surface area contributed by atoms with Gasteiger partial charge in [0.25, 0.3) is 0 Å². The van der Waals surface area contributed by atoms with Gasteiger partial charge >= 0.3 is 0 Å². The second kappa shape index (κ2) is 6.01. The molecule has 0 fully saturated rings. The highest BCUT2D eigenvalue weighted by Gasteiger charge is 2.29. The quantitative estimate of drug-likeness (QED) is 0.779. The molecule has 130 valence electrons. The summed E-state index contributed by atoms with van der Waals surface area (Å²) < 4.78 is 6.18. The van der Waals surface area contributed by atoms with Crippen LogP contribution in [0.2, 0.25) is 0 Å². The molecule has 3 heteroatoms. The first-order valence-electron chi connectivity index (χ1n) is 8.98. The first-order valence-corrected chi connectivity index (χ1v) is 8.98. The van der Waals surface area contributed by atoms with Crippen LogP contribution in [0.25, 0.3) is 11.0 Å². The van der Waals surface area contributed by atoms with E-state index in [9.17, 15) is 0 Å². The Morgan fingerprint density at radius 1 is 1.16 bits per heavy atom. The van der Waals surface area contributed by atoms with Gasteiger partial charge in [-0.2, -0.15) is 0 Å². The number of para-hydroxylation sites is 1. The first-order chi connectivity index (χ1) is 12.0. The van der Waals surface area contributed by atoms with Crippen LogP contribution in [0.1, 0.15) is 42.2 Å². The van der Waals surface area contributed by atoms with E-state index in [1.807, 2.05) is 12.1 Å². The number of furan rings is 1. The lowest BCUT2D eigenvalue weighted by molar-refractivity contribution is 0.282. The SMILES string of the molecule is CN1Cc2cc(C(C)(C)CN)ccc2C(c2cc3ccccc3o2)C1. The fourth-order valence-electron chi connectivity index (χ4n) is 3.80. The molecule has 0 radical (unpaired) electrons. The number of benzene rings is 2. The van der Waals surface area contributed by atoms with E-state index in [-0.39, 0.29) is 11.3 Å². The molecule has 0 spiro atoms. The Labute approximate surface area is 149 Å². The van der Waals surface area contributed by atoms with Gasteiger partial charge in [0.05, 0.1) is 5.92 Å². The van der Waals surface area contributed by atoms with Crippen molar-refractivity contribution in [2.45, 2.75) is 31.7 Å². The van der Waals surface area contributed by atoms with E-state index in [0.717, 1.165) is 24.4 Å². The highest BCUT2D eigenvalue weighted by molar-refractivity contribution is 5.78. The third-order valence-electron chi connectivity index (χ3n) is 5.53. The van der Waals surface area contributed by atoms with Gasteiger partial charge in [-0.25, -0.2) is 0 Å². The Hall–Kier alpha value is -2.10. The van der Waals surface area contributed by atoms with Crippen LogP contribution in [0.4, 0.5) is 0 Å². The minimum Gasteiger partial charge on any atom is -0.460 e. The lowest BCUT2D eigenvalue weighted by atomic mass is 9.80. The van der Waals surface area contributed by atoms with Crippen LogP contribution in [-0.2, 0) is 12.0 Å². The van der Waals surface area contributed by atoms with Crippen molar-refractivity contribution in [3.05, 3.63) is 71.0 Å². The molecule has 0 saturated carbocycles. The molecule has 2 aromatic carbocycles. The molecule has 1 aromatic heterocycles. The van der Waals surface area contributed by atoms with Crippen molar-refractivity contribution in [3.63, 3.8) is 0 Å². The Balaban J connectivity index is 1.79. The number of hydrogen-bond acceptors (Lipinski definition) is 3. The molecule has 25 heavy (non-hydrogen) atoms. The maximum atomic E-state index is 6.18. The summed E-state index contributed by atoms with van der Waals surface area (Å²) in [4.78, 5) is 2.37. The summed E-state index contributed by atoms with van der Waals surface area (Å²) in [6.45, 7) is 7.01. The third-order valence-corrected chi connectivity index (χ3v) is 5.53. The van der Waals surface area contributed by atoms with Crippen LogP contribution >= 0.6 is 0 Å². The van der Waals surface area contributed by atoms with Crippen molar-refractivity contribution in [2.24, 2.45) is 5.73 Å². The standard InChI is InChI=1S/C22H26N2O/c1-22(2,14-23)17-8-9-18-16(10-17)12-24(3)13-19(18)21-11-15-6-4-5-7-20(15)25-21/h4-11,19H,12-14,23H2,1-3H3. The predicted octanol–water partition coefficient (Wildman–Crippen LogP) is 4.25. The van der Waals surface area contributed by atoms with Crippen molar-refractivity contribution in [1.82, 2.24) is 4.90 Å². The van der Waals surface area contributed by atoms with E-state index in [1.165, 1.54) is 22.1 Å². The van der Waals surface area contributed by atoms with Crippen LogP contribution in [0.5, 0.6) is 0 Å². The molecular weight excluding hydrogens is 308 g/mol. The molecular formula is C22H26N2O. The van der Waals surface area contributed by atoms with Gasteiger partial charge in [-0.3, -0.25) is 0 Å². The number of nitrogens with zero attached hydrogens (tertiary/aromatic N) is 1. The summed E-state index contributed by atoms with van der Waals surface area (Å²) in [5, 5.41) is 1.17. The van der Waals surface area contributed by atoms with Crippen molar-refractivity contribution in [3.8, 4) is 0 Å². The molecule has 0 aliphatic carbocycles. The van der Waals surface area contributed by atoms with Crippen LogP contribution in [0, 0.1) is 0 Å². The van der Waals surface area contributed by atoms with Gasteiger partial charge in [0, 0.05) is 30.4 Å². The van der Waals surface area contributed by atoms with Crippen LogP contribution in [-0.4, -0.2) is 25.0 Å². The van der Waals surface area contributed by atoms with Gasteiger partial charge in [0.2, 0.25) is 0 Å². The van der Waals surface area contributed by atoms with Crippen molar-refractivity contribution in [2.75, 3.05) is 20.1 Å². The zero-order chi connectivity index (χ0) is 17.6. The second-order valence-electron chi connectivity index (χ2n) is 7.94. The second-order valence-corrected chi connectivity index (χ2v) is 7.94. The monoisotopic (exact) mass is 334 g/mol. The minimum absolute atomic E-state index is 0.0000917. The molecule has 4 rings (SSSR count). The number of hydrogen-bond donors (Lipinski definition) is 1. The van der Waals surface area contributed by atoms with E-state index in [4.69, 9.17) is 10.2 Å². The average Bonchev–Trinajstić information content (AvgIpc) is 3.04. The maximum absolute atomic E-state index is 6.18. The summed E-state index contributed by atoms with van der Waals surface area (Å²) in [5.41, 5.74) is 11.0. The molecule has 1 aliphatic rings. The van der Waals surface area contributed by atoms with Crippen LogP contribution < -0.4 is 5.73 Å². The Morgan fingerprint density at radius 2 is 1.96 bits per heavy atom. The van der Waals surface area contributed by atoms with E-state index in [1.54, 1.807) is 0 Å². The molecule has 3 nitrogen and oxygen atoms in total. The summed E-state index contributed by atoms with van der Waals surface area (Å²) in [6.07, 6.45) is 0. The van der Waals surface area contributed by atoms with Gasteiger partial charge in [-0.05, 0) is 35.9 Å². The number of nitrogens with two attached hydrogens (primary N) is 1. The summed E-state index contributed by atoms with van der Waals surface area (Å²) in [7, 11) is 2.18. The minimum atomic E-state index is -0.0000917. The van der Waals surface area contributed by atoms with Gasteiger partial charge in [-0.1, -0.05) is 50.2 Å². The fraction of sp³-hybridized carbons (Fsp3) is 0.364. The molecule has 1 aliphatic heterocycles. The van der Waals surface area contributed by atoms with E-state index >= 15 is 0 Å². The summed E-state index contributed by atoms with van der Waals surface area (Å²) >= 11 is 0. The zero-order valence-electron chi connectivity index (χ0n) is 15.3. The van der Waals surface area contributed by atoms with Crippen LogP contribution in [0.3, 0.4) is 0 Å². The molecule has 0 amide bonds. The van der Waals surface area contributed by atoms with Gasteiger partial charge in [0.1, 0.15) is 11.3 Å². The average molecular weight is 334 g/mol. The summed E-state index contributed by atoms with van der Waals surface area (Å²) in [6, 6.07) is 17.3. The van der Waals surface area contributed by atoms with Gasteiger partial charge in [-0.15, -0.1) is 0 Å². The first kappa shape index (κ1) is 16.4. The number of fused-ring (bicyclic) bond motifs is 2. The Morgan fingerprint density at radius 3 is 2.72 bits per heavy atom. The van der Waals surface area contributed by atoms with Crippen molar-refractivity contribution >= 4 is 11.0 Å². The molecule has 1 unspecified atom stereocenters. The molecule has 2 N–H and O–H groups in total. The molecule has 2 heterocycles. The molecule has 3 aromatic rings. The van der Waals surface area contributed by atoms with E-state index < -0.39 is 0 Å². The maximum Gasteiger partial charge on any atom is 0.134 e. The number of likely N-dealkylation sites (N-methyl/N-ethyl adjacent to an activating group) is 1.